The van der Waals surface area contributed by atoms with Crippen LogP contribution in [-0.4, -0.2) is 10.9 Å². The zero-order valence-electron chi connectivity index (χ0n) is 13.8. The van der Waals surface area contributed by atoms with Crippen molar-refractivity contribution in [3.05, 3.63) is 75.8 Å². The van der Waals surface area contributed by atoms with Crippen LogP contribution in [0.2, 0.25) is 0 Å². The molecule has 0 saturated heterocycles. The molecule has 0 bridgehead atoms. The Morgan fingerprint density at radius 2 is 1.77 bits per heavy atom. The number of fused-ring (bicyclic) bond motifs is 2. The molecule has 0 radical (unpaired) electrons. The van der Waals surface area contributed by atoms with Crippen LogP contribution in [0, 0.1) is 6.92 Å². The molecule has 5 heteroatoms. The predicted molar refractivity (Wildman–Crippen MR) is 105 cm³/mol. The monoisotopic (exact) mass is 404 g/mol. The Bertz CT molecular complexity index is 1190. The maximum absolute atomic E-state index is 13.2. The molecule has 1 N–H and O–H groups in total. The van der Waals surface area contributed by atoms with Gasteiger partial charge in [-0.1, -0.05) is 47.1 Å². The summed E-state index contributed by atoms with van der Waals surface area (Å²) in [6, 6.07) is 17.4. The molecular formula is C21H13BrN2O2. The van der Waals surface area contributed by atoms with Gasteiger partial charge in [-0.05, 0) is 41.1 Å². The maximum atomic E-state index is 13.2. The van der Waals surface area contributed by atoms with E-state index in [0.29, 0.717) is 22.4 Å². The molecule has 0 unspecified atom stereocenters. The number of nitrogens with zero attached hydrogens (tertiary/aromatic N) is 1. The summed E-state index contributed by atoms with van der Waals surface area (Å²) in [7, 11) is 0. The number of hydrogen-bond acceptors (Lipinski definition) is 4. The first-order valence-corrected chi connectivity index (χ1v) is 9.02. The average molecular weight is 405 g/mol. The van der Waals surface area contributed by atoms with E-state index in [1.54, 1.807) is 0 Å². The Morgan fingerprint density at radius 1 is 1.04 bits per heavy atom. The molecule has 0 atom stereocenters. The van der Waals surface area contributed by atoms with E-state index in [-0.39, 0.29) is 5.78 Å². The van der Waals surface area contributed by atoms with Gasteiger partial charge in [0, 0.05) is 21.3 Å². The zero-order valence-corrected chi connectivity index (χ0v) is 15.4. The summed E-state index contributed by atoms with van der Waals surface area (Å²) in [5.41, 5.74) is 5.50. The highest BCUT2D eigenvalue weighted by Crippen LogP contribution is 2.45. The Balaban J connectivity index is 1.78. The number of anilines is 2. The fourth-order valence-electron chi connectivity index (χ4n) is 3.41. The summed E-state index contributed by atoms with van der Waals surface area (Å²) in [4.78, 5) is 13.2. The van der Waals surface area contributed by atoms with E-state index < -0.39 is 0 Å². The van der Waals surface area contributed by atoms with Crippen LogP contribution in [0.25, 0.3) is 22.2 Å². The minimum absolute atomic E-state index is 0.0246. The fourth-order valence-corrected chi connectivity index (χ4v) is 3.91. The molecule has 4 aromatic rings. The standard InChI is InChI=1S/C21H13BrN2O2/c1-11-6-8-12(9-7-11)23-16-10-15(22)19-18-17(16)20(25)13-4-2-3-5-14(13)21(18)26-24-19/h2-10,23H,1H3. The summed E-state index contributed by atoms with van der Waals surface area (Å²) < 4.78 is 6.40. The second-order valence-electron chi connectivity index (χ2n) is 6.38. The van der Waals surface area contributed by atoms with Crippen molar-refractivity contribution in [3.63, 3.8) is 0 Å². The third kappa shape index (κ3) is 2.14. The number of halogens is 1. The molecule has 0 saturated carbocycles. The second kappa shape index (κ2) is 5.54. The van der Waals surface area contributed by atoms with Crippen molar-refractivity contribution in [1.82, 2.24) is 5.16 Å². The lowest BCUT2D eigenvalue weighted by Gasteiger charge is -2.18. The fraction of sp³-hybridized carbons (Fsp3) is 0.0476. The Morgan fingerprint density at radius 3 is 2.54 bits per heavy atom. The number of aromatic nitrogens is 1. The summed E-state index contributed by atoms with van der Waals surface area (Å²) >= 11 is 3.56. The number of carbonyl (C=O) groups is 1. The Kier molecular flexibility index (Phi) is 3.27. The second-order valence-corrected chi connectivity index (χ2v) is 7.24. The van der Waals surface area contributed by atoms with Gasteiger partial charge in [0.1, 0.15) is 5.52 Å². The van der Waals surface area contributed by atoms with E-state index in [1.807, 2.05) is 61.5 Å². The van der Waals surface area contributed by atoms with Gasteiger partial charge in [0.15, 0.2) is 11.5 Å². The van der Waals surface area contributed by atoms with Crippen LogP contribution in [0.4, 0.5) is 11.4 Å². The lowest BCUT2D eigenvalue weighted by atomic mass is 9.87. The van der Waals surface area contributed by atoms with Gasteiger partial charge < -0.3 is 9.84 Å². The van der Waals surface area contributed by atoms with Gasteiger partial charge in [0.2, 0.25) is 0 Å². The van der Waals surface area contributed by atoms with Crippen LogP contribution in [0.5, 0.6) is 0 Å². The minimum Gasteiger partial charge on any atom is -0.355 e. The minimum atomic E-state index is -0.0246. The Hall–Kier alpha value is -2.92. The topological polar surface area (TPSA) is 55.1 Å². The largest absolute Gasteiger partial charge is 0.355 e. The van der Waals surface area contributed by atoms with Gasteiger partial charge in [0.25, 0.3) is 0 Å². The van der Waals surface area contributed by atoms with Crippen molar-refractivity contribution in [2.24, 2.45) is 0 Å². The van der Waals surface area contributed by atoms with Crippen LogP contribution >= 0.6 is 15.9 Å². The van der Waals surface area contributed by atoms with Crippen LogP contribution in [0.1, 0.15) is 21.5 Å². The molecule has 0 amide bonds. The van der Waals surface area contributed by atoms with Crippen molar-refractivity contribution in [2.45, 2.75) is 6.92 Å². The van der Waals surface area contributed by atoms with Gasteiger partial charge in [-0.15, -0.1) is 0 Å². The van der Waals surface area contributed by atoms with Gasteiger partial charge in [-0.2, -0.15) is 0 Å². The molecule has 1 heterocycles. The number of rotatable bonds is 2. The van der Waals surface area contributed by atoms with Crippen LogP contribution in [-0.2, 0) is 0 Å². The predicted octanol–water partition coefficient (Wildman–Crippen LogP) is 5.85. The van der Waals surface area contributed by atoms with Crippen LogP contribution in [0.3, 0.4) is 0 Å². The quantitative estimate of drug-likeness (QED) is 0.400. The third-order valence-corrected chi connectivity index (χ3v) is 5.29. The van der Waals surface area contributed by atoms with E-state index in [9.17, 15) is 4.79 Å². The van der Waals surface area contributed by atoms with Gasteiger partial charge in [-0.25, -0.2) is 0 Å². The van der Waals surface area contributed by atoms with E-state index in [1.165, 1.54) is 5.56 Å². The summed E-state index contributed by atoms with van der Waals surface area (Å²) in [5, 5.41) is 8.30. The first kappa shape index (κ1) is 15.3. The van der Waals surface area contributed by atoms with Crippen molar-refractivity contribution in [2.75, 3.05) is 5.32 Å². The molecule has 1 aliphatic carbocycles. The summed E-state index contributed by atoms with van der Waals surface area (Å²) in [6.07, 6.45) is 0. The number of aryl methyl sites for hydroxylation is 1. The van der Waals surface area contributed by atoms with Crippen molar-refractivity contribution < 1.29 is 9.32 Å². The Labute approximate surface area is 157 Å². The highest BCUT2D eigenvalue weighted by atomic mass is 79.9. The SMILES string of the molecule is Cc1ccc(Nc2cc(Br)c3noc4c3c2C(=O)c2ccccc2-4)cc1. The lowest BCUT2D eigenvalue weighted by molar-refractivity contribution is 0.104. The van der Waals surface area contributed by atoms with E-state index in [0.717, 1.165) is 26.8 Å². The number of ketones is 1. The zero-order chi connectivity index (χ0) is 17.8. The smallest absolute Gasteiger partial charge is 0.196 e. The molecule has 0 spiro atoms. The highest BCUT2D eigenvalue weighted by Gasteiger charge is 2.32. The molecule has 126 valence electrons. The van der Waals surface area contributed by atoms with Crippen molar-refractivity contribution >= 4 is 44.0 Å². The number of hydrogen-bond donors (Lipinski definition) is 1. The number of carbonyl (C=O) groups excluding carboxylic acids is 1. The molecule has 1 aliphatic rings. The normalized spacial score (nSPS) is 12.3. The van der Waals surface area contributed by atoms with Crippen molar-refractivity contribution in [3.8, 4) is 11.3 Å². The first-order valence-electron chi connectivity index (χ1n) is 8.23. The average Bonchev–Trinajstić information content (AvgIpc) is 3.09. The van der Waals surface area contributed by atoms with Gasteiger partial charge in [0.05, 0.1) is 16.6 Å². The van der Waals surface area contributed by atoms with Crippen molar-refractivity contribution in [1.29, 1.82) is 0 Å². The summed E-state index contributed by atoms with van der Waals surface area (Å²) in [5.74, 6) is 0.613. The molecule has 0 aliphatic heterocycles. The lowest BCUT2D eigenvalue weighted by Crippen LogP contribution is -2.11. The summed E-state index contributed by atoms with van der Waals surface area (Å²) in [6.45, 7) is 2.04. The van der Waals surface area contributed by atoms with Crippen LogP contribution in [0.15, 0.2) is 63.6 Å². The van der Waals surface area contributed by atoms with E-state index in [4.69, 9.17) is 4.52 Å². The molecule has 0 fully saturated rings. The molecule has 26 heavy (non-hydrogen) atoms. The molecule has 4 nitrogen and oxygen atoms in total. The van der Waals surface area contributed by atoms with Crippen LogP contribution < -0.4 is 5.32 Å². The first-order chi connectivity index (χ1) is 12.6. The third-order valence-electron chi connectivity index (χ3n) is 4.68. The number of benzene rings is 3. The van der Waals surface area contributed by atoms with Gasteiger partial charge in [-0.3, -0.25) is 4.79 Å². The molecular weight excluding hydrogens is 392 g/mol. The van der Waals surface area contributed by atoms with E-state index in [2.05, 4.69) is 26.4 Å². The van der Waals surface area contributed by atoms with Gasteiger partial charge >= 0.3 is 0 Å². The van der Waals surface area contributed by atoms with E-state index >= 15 is 0 Å². The molecule has 1 aromatic heterocycles. The molecule has 3 aromatic carbocycles. The number of nitrogens with one attached hydrogen (secondary N) is 1. The maximum Gasteiger partial charge on any atom is 0.196 e. The highest BCUT2D eigenvalue weighted by molar-refractivity contribution is 9.10. The molecule has 5 rings (SSSR count).